The lowest BCUT2D eigenvalue weighted by atomic mass is 9.84. The number of hydrogen-bond donors (Lipinski definition) is 2. The summed E-state index contributed by atoms with van der Waals surface area (Å²) in [5.41, 5.74) is 0.362. The van der Waals surface area contributed by atoms with Crippen LogP contribution in [0.25, 0.3) is 0 Å². The number of nitrogens with one attached hydrogen (secondary N) is 1. The molecule has 3 heteroatoms. The van der Waals surface area contributed by atoms with Crippen LogP contribution < -0.4 is 5.32 Å². The quantitative estimate of drug-likeness (QED) is 0.742. The van der Waals surface area contributed by atoms with Gasteiger partial charge in [0.2, 0.25) is 5.91 Å². The highest BCUT2D eigenvalue weighted by Gasteiger charge is 2.57. The fourth-order valence-electron chi connectivity index (χ4n) is 2.90. The van der Waals surface area contributed by atoms with Crippen molar-refractivity contribution >= 4 is 5.91 Å². The first-order valence-electron chi connectivity index (χ1n) is 6.10. The molecular weight excluding hydrogens is 190 g/mol. The van der Waals surface area contributed by atoms with Crippen LogP contribution in [0.3, 0.4) is 0 Å². The van der Waals surface area contributed by atoms with Gasteiger partial charge in [0.05, 0.1) is 6.10 Å². The maximum Gasteiger partial charge on any atom is 0.223 e. The summed E-state index contributed by atoms with van der Waals surface area (Å²) in [6.07, 6.45) is 7.04. The van der Waals surface area contributed by atoms with Gasteiger partial charge in [-0.1, -0.05) is 19.3 Å². The van der Waals surface area contributed by atoms with Crippen LogP contribution in [-0.4, -0.2) is 23.7 Å². The molecule has 0 unspecified atom stereocenters. The number of hydrogen-bond acceptors (Lipinski definition) is 2. The summed E-state index contributed by atoms with van der Waals surface area (Å²) in [5, 5.41) is 11.9. The molecular formula is C12H21NO2. The molecule has 0 saturated heterocycles. The summed E-state index contributed by atoms with van der Waals surface area (Å²) >= 11 is 0. The van der Waals surface area contributed by atoms with E-state index in [-0.39, 0.29) is 11.8 Å². The highest BCUT2D eigenvalue weighted by molar-refractivity contribution is 5.82. The second-order valence-corrected chi connectivity index (χ2v) is 5.27. The van der Waals surface area contributed by atoms with E-state index in [9.17, 15) is 4.79 Å². The van der Waals surface area contributed by atoms with E-state index in [1.165, 1.54) is 32.1 Å². The van der Waals surface area contributed by atoms with Crippen LogP contribution in [0.1, 0.15) is 45.4 Å². The fraction of sp³-hybridized carbons (Fsp3) is 0.917. The number of aliphatic hydroxyl groups excluding tert-OH is 1. The third-order valence-corrected chi connectivity index (χ3v) is 3.93. The Labute approximate surface area is 91.2 Å². The van der Waals surface area contributed by atoms with E-state index in [0.717, 1.165) is 6.42 Å². The van der Waals surface area contributed by atoms with Crippen LogP contribution >= 0.6 is 0 Å². The molecule has 0 heterocycles. The molecule has 2 aliphatic rings. The van der Waals surface area contributed by atoms with Crippen molar-refractivity contribution in [3.63, 3.8) is 0 Å². The molecule has 86 valence electrons. The third-order valence-electron chi connectivity index (χ3n) is 3.93. The van der Waals surface area contributed by atoms with Gasteiger partial charge in [0.1, 0.15) is 0 Å². The van der Waals surface area contributed by atoms with Crippen LogP contribution in [0, 0.1) is 11.3 Å². The Hall–Kier alpha value is -0.570. The highest BCUT2D eigenvalue weighted by atomic mass is 16.3. The van der Waals surface area contributed by atoms with E-state index in [0.29, 0.717) is 12.0 Å². The first kappa shape index (κ1) is 10.9. The summed E-state index contributed by atoms with van der Waals surface area (Å²) < 4.78 is 0. The van der Waals surface area contributed by atoms with Gasteiger partial charge in [-0.25, -0.2) is 0 Å². The van der Waals surface area contributed by atoms with Crippen molar-refractivity contribution in [3.8, 4) is 0 Å². The normalized spacial score (nSPS) is 29.9. The number of aliphatic hydroxyl groups is 1. The number of amides is 1. The Balaban J connectivity index is 1.79. The van der Waals surface area contributed by atoms with Gasteiger partial charge in [0.25, 0.3) is 0 Å². The molecule has 2 aliphatic carbocycles. The third kappa shape index (κ3) is 2.33. The average molecular weight is 211 g/mol. The number of rotatable bonds is 3. The predicted octanol–water partition coefficient (Wildman–Crippen LogP) is 1.45. The molecule has 0 radical (unpaired) electrons. The summed E-state index contributed by atoms with van der Waals surface area (Å²) in [6, 6.07) is 0. The molecule has 0 aromatic carbocycles. The Morgan fingerprint density at radius 2 is 2.13 bits per heavy atom. The number of carbonyl (C=O) groups is 1. The summed E-state index contributed by atoms with van der Waals surface area (Å²) in [5.74, 6) is 0.411. The molecule has 1 spiro atoms. The largest absolute Gasteiger partial charge is 0.392 e. The molecule has 2 N–H and O–H groups in total. The first-order valence-corrected chi connectivity index (χ1v) is 6.10. The van der Waals surface area contributed by atoms with Crippen molar-refractivity contribution in [3.05, 3.63) is 0 Å². The lowest BCUT2D eigenvalue weighted by Crippen LogP contribution is -2.33. The van der Waals surface area contributed by atoms with E-state index >= 15 is 0 Å². The Morgan fingerprint density at radius 3 is 2.73 bits per heavy atom. The van der Waals surface area contributed by atoms with Crippen molar-refractivity contribution in [2.24, 2.45) is 11.3 Å². The topological polar surface area (TPSA) is 49.3 Å². The van der Waals surface area contributed by atoms with Gasteiger partial charge in [-0.3, -0.25) is 4.79 Å². The summed E-state index contributed by atoms with van der Waals surface area (Å²) in [6.45, 7) is 2.09. The van der Waals surface area contributed by atoms with Crippen molar-refractivity contribution in [1.82, 2.24) is 5.32 Å². The molecule has 2 rings (SSSR count). The zero-order valence-electron chi connectivity index (χ0n) is 9.46. The molecule has 0 aliphatic heterocycles. The maximum atomic E-state index is 11.8. The molecule has 3 nitrogen and oxygen atoms in total. The van der Waals surface area contributed by atoms with E-state index in [1.54, 1.807) is 6.92 Å². The highest BCUT2D eigenvalue weighted by Crippen LogP contribution is 2.61. The number of carbonyl (C=O) groups excluding carboxylic acids is 1. The van der Waals surface area contributed by atoms with Gasteiger partial charge in [0.15, 0.2) is 0 Å². The molecule has 2 fully saturated rings. The van der Waals surface area contributed by atoms with Gasteiger partial charge in [-0.15, -0.1) is 0 Å². The minimum Gasteiger partial charge on any atom is -0.392 e. The zero-order chi connectivity index (χ0) is 10.9. The molecule has 0 aromatic rings. The van der Waals surface area contributed by atoms with Gasteiger partial charge in [-0.05, 0) is 31.6 Å². The Morgan fingerprint density at radius 1 is 1.47 bits per heavy atom. The predicted molar refractivity (Wildman–Crippen MR) is 58.3 cm³/mol. The van der Waals surface area contributed by atoms with Gasteiger partial charge < -0.3 is 10.4 Å². The monoisotopic (exact) mass is 211 g/mol. The summed E-state index contributed by atoms with van der Waals surface area (Å²) in [7, 11) is 0. The van der Waals surface area contributed by atoms with Crippen molar-refractivity contribution in [2.45, 2.75) is 51.6 Å². The van der Waals surface area contributed by atoms with Crippen molar-refractivity contribution < 1.29 is 9.90 Å². The second kappa shape index (κ2) is 4.12. The van der Waals surface area contributed by atoms with Gasteiger partial charge >= 0.3 is 0 Å². The molecule has 15 heavy (non-hydrogen) atoms. The first-order chi connectivity index (χ1) is 7.14. The fourth-order valence-corrected chi connectivity index (χ4v) is 2.90. The van der Waals surface area contributed by atoms with Gasteiger partial charge in [-0.2, -0.15) is 0 Å². The molecule has 1 amide bonds. The van der Waals surface area contributed by atoms with E-state index < -0.39 is 6.10 Å². The lowest BCUT2D eigenvalue weighted by Gasteiger charge is -2.22. The van der Waals surface area contributed by atoms with Crippen LogP contribution in [0.15, 0.2) is 0 Å². The Kier molecular flexibility index (Phi) is 3.01. The van der Waals surface area contributed by atoms with E-state index in [2.05, 4.69) is 5.32 Å². The maximum absolute atomic E-state index is 11.8. The Bertz CT molecular complexity index is 244. The van der Waals surface area contributed by atoms with Crippen LogP contribution in [-0.2, 0) is 4.79 Å². The SMILES string of the molecule is C[C@H](O)CNC(=O)[C@@H]1CC12CCCCC2. The van der Waals surface area contributed by atoms with E-state index in [4.69, 9.17) is 5.11 Å². The van der Waals surface area contributed by atoms with Crippen molar-refractivity contribution in [2.75, 3.05) is 6.54 Å². The zero-order valence-corrected chi connectivity index (χ0v) is 9.46. The molecule has 2 saturated carbocycles. The smallest absolute Gasteiger partial charge is 0.223 e. The standard InChI is InChI=1S/C12H21NO2/c1-9(14)8-13-11(15)10-7-12(10)5-3-2-4-6-12/h9-10,14H,2-8H2,1H3,(H,13,15)/t9-,10-/m0/s1. The molecule has 0 aromatic heterocycles. The minimum absolute atomic E-state index is 0.165. The minimum atomic E-state index is -0.435. The van der Waals surface area contributed by atoms with Gasteiger partial charge in [0, 0.05) is 12.5 Å². The van der Waals surface area contributed by atoms with Crippen molar-refractivity contribution in [1.29, 1.82) is 0 Å². The second-order valence-electron chi connectivity index (χ2n) is 5.27. The summed E-state index contributed by atoms with van der Waals surface area (Å²) in [4.78, 5) is 11.8. The van der Waals surface area contributed by atoms with E-state index in [1.807, 2.05) is 0 Å². The van der Waals surface area contributed by atoms with Crippen LogP contribution in [0.4, 0.5) is 0 Å². The van der Waals surface area contributed by atoms with Crippen LogP contribution in [0.5, 0.6) is 0 Å². The average Bonchev–Trinajstić information content (AvgIpc) is 2.90. The molecule has 0 bridgehead atoms. The van der Waals surface area contributed by atoms with Crippen LogP contribution in [0.2, 0.25) is 0 Å². The lowest BCUT2D eigenvalue weighted by molar-refractivity contribution is -0.123. The molecule has 2 atom stereocenters.